The molecule has 1 rings (SSSR count). The summed E-state index contributed by atoms with van der Waals surface area (Å²) in [5.74, 6) is 0.922. The Morgan fingerprint density at radius 1 is 1.33 bits per heavy atom. The summed E-state index contributed by atoms with van der Waals surface area (Å²) in [6.07, 6.45) is 9.09. The van der Waals surface area contributed by atoms with Crippen LogP contribution < -0.4 is 0 Å². The Morgan fingerprint density at radius 2 is 2.13 bits per heavy atom. The van der Waals surface area contributed by atoms with Crippen molar-refractivity contribution in [3.63, 3.8) is 0 Å². The van der Waals surface area contributed by atoms with Gasteiger partial charge in [0, 0.05) is 21.1 Å². The van der Waals surface area contributed by atoms with Gasteiger partial charge >= 0.3 is 0 Å². The SMILES string of the molecule is C[Si](C)(C)CCOCOC1=CC=CC[CH]1. The second kappa shape index (κ2) is 6.13. The molecule has 0 unspecified atom stereocenters. The van der Waals surface area contributed by atoms with Crippen molar-refractivity contribution in [2.45, 2.75) is 32.1 Å². The number of allylic oxidation sites excluding steroid dienone is 4. The van der Waals surface area contributed by atoms with Gasteiger partial charge in [-0.05, 0) is 18.5 Å². The lowest BCUT2D eigenvalue weighted by Crippen LogP contribution is -2.22. The number of rotatable bonds is 6. The number of ether oxygens (including phenoxy) is 2. The van der Waals surface area contributed by atoms with Gasteiger partial charge in [-0.15, -0.1) is 0 Å². The van der Waals surface area contributed by atoms with E-state index in [1.54, 1.807) is 0 Å². The summed E-state index contributed by atoms with van der Waals surface area (Å²) in [4.78, 5) is 0. The van der Waals surface area contributed by atoms with Gasteiger partial charge in [0.05, 0.1) is 0 Å². The topological polar surface area (TPSA) is 18.5 Å². The smallest absolute Gasteiger partial charge is 0.188 e. The van der Waals surface area contributed by atoms with E-state index in [-0.39, 0.29) is 0 Å². The molecular weight excluding hydrogens is 204 g/mol. The molecule has 0 bridgehead atoms. The first-order valence-electron chi connectivity index (χ1n) is 5.48. The molecule has 0 amide bonds. The summed E-state index contributed by atoms with van der Waals surface area (Å²) in [7, 11) is -0.961. The van der Waals surface area contributed by atoms with Crippen LogP contribution in [-0.2, 0) is 9.47 Å². The van der Waals surface area contributed by atoms with Gasteiger partial charge in [-0.2, -0.15) is 0 Å². The van der Waals surface area contributed by atoms with Gasteiger partial charge in [-0.3, -0.25) is 0 Å². The monoisotopic (exact) mass is 225 g/mol. The van der Waals surface area contributed by atoms with Gasteiger partial charge in [0.1, 0.15) is 5.76 Å². The van der Waals surface area contributed by atoms with Crippen LogP contribution in [0, 0.1) is 6.42 Å². The van der Waals surface area contributed by atoms with Gasteiger partial charge in [0.15, 0.2) is 6.79 Å². The van der Waals surface area contributed by atoms with Crippen LogP contribution in [0.4, 0.5) is 0 Å². The van der Waals surface area contributed by atoms with Gasteiger partial charge in [0.2, 0.25) is 0 Å². The van der Waals surface area contributed by atoms with Gasteiger partial charge in [0.25, 0.3) is 0 Å². The van der Waals surface area contributed by atoms with Crippen LogP contribution in [0.2, 0.25) is 25.7 Å². The maximum absolute atomic E-state index is 5.45. The Bertz CT molecular complexity index is 238. The Balaban J connectivity index is 2.02. The minimum absolute atomic E-state index is 0.376. The van der Waals surface area contributed by atoms with E-state index in [0.717, 1.165) is 18.8 Å². The van der Waals surface area contributed by atoms with Crippen molar-refractivity contribution in [3.05, 3.63) is 30.4 Å². The lowest BCUT2D eigenvalue weighted by atomic mass is 10.2. The van der Waals surface area contributed by atoms with E-state index in [1.807, 2.05) is 12.2 Å². The Labute approximate surface area is 94.0 Å². The zero-order chi connectivity index (χ0) is 11.1. The molecule has 0 spiro atoms. The zero-order valence-corrected chi connectivity index (χ0v) is 11.0. The molecular formula is C12H21O2Si. The van der Waals surface area contributed by atoms with Crippen LogP contribution in [0.25, 0.3) is 0 Å². The molecule has 0 atom stereocenters. The van der Waals surface area contributed by atoms with Crippen LogP contribution in [0.3, 0.4) is 0 Å². The van der Waals surface area contributed by atoms with E-state index in [4.69, 9.17) is 9.47 Å². The minimum Gasteiger partial charge on any atom is -0.472 e. The molecule has 1 aliphatic carbocycles. The maximum Gasteiger partial charge on any atom is 0.188 e. The first-order chi connectivity index (χ1) is 7.08. The van der Waals surface area contributed by atoms with Gasteiger partial charge < -0.3 is 9.47 Å². The summed E-state index contributed by atoms with van der Waals surface area (Å²) >= 11 is 0. The van der Waals surface area contributed by atoms with E-state index in [1.165, 1.54) is 6.04 Å². The molecule has 0 aromatic heterocycles. The lowest BCUT2D eigenvalue weighted by molar-refractivity contribution is -0.0159. The molecule has 0 saturated heterocycles. The Morgan fingerprint density at radius 3 is 2.73 bits per heavy atom. The second-order valence-corrected chi connectivity index (χ2v) is 10.5. The third-order valence-electron chi connectivity index (χ3n) is 2.16. The summed E-state index contributed by atoms with van der Waals surface area (Å²) < 4.78 is 10.9. The van der Waals surface area contributed by atoms with Crippen LogP contribution in [-0.4, -0.2) is 21.5 Å². The molecule has 1 aliphatic rings. The van der Waals surface area contributed by atoms with Crippen molar-refractivity contribution < 1.29 is 9.47 Å². The van der Waals surface area contributed by atoms with Crippen molar-refractivity contribution in [1.29, 1.82) is 0 Å². The van der Waals surface area contributed by atoms with E-state index in [0.29, 0.717) is 6.79 Å². The molecule has 85 valence electrons. The quantitative estimate of drug-likeness (QED) is 0.392. The molecule has 0 fully saturated rings. The van der Waals surface area contributed by atoms with Crippen LogP contribution in [0.1, 0.15) is 6.42 Å². The highest BCUT2D eigenvalue weighted by Crippen LogP contribution is 2.12. The van der Waals surface area contributed by atoms with E-state index >= 15 is 0 Å². The third-order valence-corrected chi connectivity index (χ3v) is 3.86. The molecule has 15 heavy (non-hydrogen) atoms. The van der Waals surface area contributed by atoms with Crippen molar-refractivity contribution in [3.8, 4) is 0 Å². The fourth-order valence-corrected chi connectivity index (χ4v) is 1.90. The number of hydrogen-bond donors (Lipinski definition) is 0. The first kappa shape index (κ1) is 12.5. The second-order valence-electron chi connectivity index (χ2n) is 4.92. The summed E-state index contributed by atoms with van der Waals surface area (Å²) in [5, 5.41) is 0. The van der Waals surface area contributed by atoms with Crippen molar-refractivity contribution in [2.75, 3.05) is 13.4 Å². The van der Waals surface area contributed by atoms with E-state index < -0.39 is 8.07 Å². The van der Waals surface area contributed by atoms with Crippen LogP contribution in [0.15, 0.2) is 24.0 Å². The van der Waals surface area contributed by atoms with E-state index in [2.05, 4.69) is 32.1 Å². The number of hydrogen-bond acceptors (Lipinski definition) is 2. The maximum atomic E-state index is 5.45. The van der Waals surface area contributed by atoms with Crippen molar-refractivity contribution in [2.24, 2.45) is 0 Å². The highest BCUT2D eigenvalue weighted by atomic mass is 28.3. The highest BCUT2D eigenvalue weighted by Gasteiger charge is 2.12. The largest absolute Gasteiger partial charge is 0.472 e. The van der Waals surface area contributed by atoms with Crippen molar-refractivity contribution >= 4 is 8.07 Å². The fraction of sp³-hybridized carbons (Fsp3) is 0.583. The average molecular weight is 225 g/mol. The van der Waals surface area contributed by atoms with Gasteiger partial charge in [-0.1, -0.05) is 31.8 Å². The molecule has 0 saturated carbocycles. The van der Waals surface area contributed by atoms with Gasteiger partial charge in [-0.25, -0.2) is 0 Å². The Hall–Kier alpha value is -0.543. The molecule has 0 N–H and O–H groups in total. The van der Waals surface area contributed by atoms with Crippen molar-refractivity contribution in [1.82, 2.24) is 0 Å². The molecule has 0 aliphatic heterocycles. The fourth-order valence-electron chi connectivity index (χ4n) is 1.15. The zero-order valence-electron chi connectivity index (χ0n) is 9.95. The molecule has 0 heterocycles. The standard InChI is InChI=1S/C12H21O2Si/c1-15(2,3)10-9-13-11-14-12-7-5-4-6-8-12/h4-5,7-8H,6,9-11H2,1-3H3. The molecule has 1 radical (unpaired) electrons. The normalized spacial score (nSPS) is 16.3. The molecule has 0 aromatic carbocycles. The third kappa shape index (κ3) is 6.52. The summed E-state index contributed by atoms with van der Waals surface area (Å²) in [6.45, 7) is 8.23. The first-order valence-corrected chi connectivity index (χ1v) is 9.19. The average Bonchev–Trinajstić information content (AvgIpc) is 2.17. The summed E-state index contributed by atoms with van der Waals surface area (Å²) in [5.41, 5.74) is 0. The van der Waals surface area contributed by atoms with Crippen LogP contribution >= 0.6 is 0 Å². The highest BCUT2D eigenvalue weighted by molar-refractivity contribution is 6.76. The summed E-state index contributed by atoms with van der Waals surface area (Å²) in [6, 6.07) is 1.19. The predicted octanol–water partition coefficient (Wildman–Crippen LogP) is 3.36. The lowest BCUT2D eigenvalue weighted by Gasteiger charge is -2.16. The molecule has 2 nitrogen and oxygen atoms in total. The predicted molar refractivity (Wildman–Crippen MR) is 66.2 cm³/mol. The molecule has 0 aromatic rings. The minimum atomic E-state index is -0.961. The Kier molecular flexibility index (Phi) is 5.12. The van der Waals surface area contributed by atoms with E-state index in [9.17, 15) is 0 Å². The molecule has 3 heteroatoms. The van der Waals surface area contributed by atoms with Crippen LogP contribution in [0.5, 0.6) is 0 Å².